The van der Waals surface area contributed by atoms with Crippen molar-refractivity contribution < 1.29 is 23.8 Å². The number of carbonyl (C=O) groups is 2. The van der Waals surface area contributed by atoms with Crippen LogP contribution in [0, 0.1) is 0 Å². The van der Waals surface area contributed by atoms with E-state index in [-0.39, 0.29) is 19.1 Å². The molecule has 0 unspecified atom stereocenters. The summed E-state index contributed by atoms with van der Waals surface area (Å²) in [5.74, 6) is 0.0448. The average molecular weight is 281 g/mol. The van der Waals surface area contributed by atoms with Crippen molar-refractivity contribution in [3.05, 3.63) is 24.3 Å². The van der Waals surface area contributed by atoms with Crippen molar-refractivity contribution in [3.8, 4) is 11.5 Å². The number of methoxy groups -OCH3 is 1. The van der Waals surface area contributed by atoms with Crippen LogP contribution in [0.2, 0.25) is 0 Å². The van der Waals surface area contributed by atoms with Crippen LogP contribution in [0.1, 0.15) is 13.3 Å². The van der Waals surface area contributed by atoms with E-state index in [2.05, 4.69) is 5.32 Å². The second kappa shape index (κ2) is 8.79. The van der Waals surface area contributed by atoms with E-state index in [9.17, 15) is 9.59 Å². The Kier molecular flexibility index (Phi) is 6.95. The zero-order valence-electron chi connectivity index (χ0n) is 11.7. The summed E-state index contributed by atoms with van der Waals surface area (Å²) in [4.78, 5) is 22.7. The molecule has 1 amide bonds. The summed E-state index contributed by atoms with van der Waals surface area (Å²) < 4.78 is 15.1. The van der Waals surface area contributed by atoms with Crippen molar-refractivity contribution in [2.24, 2.45) is 0 Å². The van der Waals surface area contributed by atoms with Crippen molar-refractivity contribution in [2.75, 3.05) is 26.9 Å². The summed E-state index contributed by atoms with van der Waals surface area (Å²) >= 11 is 0. The summed E-state index contributed by atoms with van der Waals surface area (Å²) in [6.45, 7) is 1.93. The van der Waals surface area contributed by atoms with Gasteiger partial charge in [0.2, 0.25) is 0 Å². The van der Waals surface area contributed by atoms with E-state index in [1.165, 1.54) is 7.11 Å². The highest BCUT2D eigenvalue weighted by atomic mass is 16.6. The smallest absolute Gasteiger partial charge is 0.344 e. The van der Waals surface area contributed by atoms with E-state index < -0.39 is 5.97 Å². The zero-order chi connectivity index (χ0) is 14.8. The topological polar surface area (TPSA) is 73.9 Å². The van der Waals surface area contributed by atoms with Crippen LogP contribution in [0.15, 0.2) is 24.3 Å². The Balaban J connectivity index is 2.31. The quantitative estimate of drug-likeness (QED) is 0.723. The molecule has 0 spiro atoms. The molecule has 0 aliphatic carbocycles. The summed E-state index contributed by atoms with van der Waals surface area (Å²) in [5.41, 5.74) is 0. The minimum atomic E-state index is -0.609. The van der Waals surface area contributed by atoms with Crippen LogP contribution in [0.3, 0.4) is 0 Å². The van der Waals surface area contributed by atoms with E-state index in [4.69, 9.17) is 14.2 Å². The summed E-state index contributed by atoms with van der Waals surface area (Å²) in [5, 5.41) is 2.60. The van der Waals surface area contributed by atoms with Crippen molar-refractivity contribution >= 4 is 11.9 Å². The Labute approximate surface area is 118 Å². The molecule has 0 radical (unpaired) electrons. The highest BCUT2D eigenvalue weighted by Crippen LogP contribution is 2.25. The van der Waals surface area contributed by atoms with Gasteiger partial charge in [0.05, 0.1) is 7.11 Å². The van der Waals surface area contributed by atoms with Gasteiger partial charge >= 0.3 is 5.97 Å². The van der Waals surface area contributed by atoms with Crippen LogP contribution in [-0.4, -0.2) is 38.7 Å². The lowest BCUT2D eigenvalue weighted by Gasteiger charge is -2.10. The molecular formula is C14H19NO5. The summed E-state index contributed by atoms with van der Waals surface area (Å²) in [6, 6.07) is 6.96. The Bertz CT molecular complexity index is 447. The Morgan fingerprint density at radius 3 is 2.50 bits per heavy atom. The first kappa shape index (κ1) is 15.8. The van der Waals surface area contributed by atoms with Crippen LogP contribution in [0.5, 0.6) is 11.5 Å². The number of rotatable bonds is 8. The van der Waals surface area contributed by atoms with Crippen molar-refractivity contribution in [2.45, 2.75) is 13.3 Å². The van der Waals surface area contributed by atoms with Gasteiger partial charge in [-0.25, -0.2) is 4.79 Å². The highest BCUT2D eigenvalue weighted by molar-refractivity contribution is 5.80. The standard InChI is InChI=1S/C14H19NO5/c1-3-8-15-13(16)9-20-14(17)10-19-12-7-5-4-6-11(12)18-2/h4-7H,3,8-10H2,1-2H3,(H,15,16). The number of carbonyl (C=O) groups excluding carboxylic acids is 2. The minimum absolute atomic E-state index is 0.276. The van der Waals surface area contributed by atoms with Crippen molar-refractivity contribution in [3.63, 3.8) is 0 Å². The lowest BCUT2D eigenvalue weighted by Crippen LogP contribution is -2.30. The number of benzene rings is 1. The number of esters is 1. The number of amides is 1. The van der Waals surface area contributed by atoms with Gasteiger partial charge in [-0.15, -0.1) is 0 Å². The number of nitrogens with one attached hydrogen (secondary N) is 1. The molecule has 0 aliphatic heterocycles. The maximum atomic E-state index is 11.4. The number of hydrogen-bond donors (Lipinski definition) is 1. The Morgan fingerprint density at radius 1 is 1.15 bits per heavy atom. The second-order valence-electron chi connectivity index (χ2n) is 3.95. The molecule has 0 saturated heterocycles. The van der Waals surface area contributed by atoms with Gasteiger partial charge < -0.3 is 19.5 Å². The van der Waals surface area contributed by atoms with Crippen LogP contribution in [-0.2, 0) is 14.3 Å². The van der Waals surface area contributed by atoms with Crippen molar-refractivity contribution in [1.82, 2.24) is 5.32 Å². The van der Waals surface area contributed by atoms with Crippen LogP contribution in [0.4, 0.5) is 0 Å². The SMILES string of the molecule is CCCNC(=O)COC(=O)COc1ccccc1OC. The van der Waals surface area contributed by atoms with Gasteiger partial charge in [-0.1, -0.05) is 19.1 Å². The van der Waals surface area contributed by atoms with Gasteiger partial charge in [0.1, 0.15) is 0 Å². The van der Waals surface area contributed by atoms with Crippen LogP contribution < -0.4 is 14.8 Å². The molecule has 1 N–H and O–H groups in total. The first-order valence-electron chi connectivity index (χ1n) is 6.35. The van der Waals surface area contributed by atoms with Gasteiger partial charge in [0.15, 0.2) is 24.7 Å². The predicted octanol–water partition coefficient (Wildman–Crippen LogP) is 1.14. The molecule has 0 atom stereocenters. The Morgan fingerprint density at radius 2 is 1.85 bits per heavy atom. The maximum Gasteiger partial charge on any atom is 0.344 e. The molecule has 0 fully saturated rings. The molecule has 0 aromatic heterocycles. The van der Waals surface area contributed by atoms with E-state index >= 15 is 0 Å². The fourth-order valence-electron chi connectivity index (χ4n) is 1.38. The van der Waals surface area contributed by atoms with Gasteiger partial charge in [0, 0.05) is 6.54 Å². The molecule has 110 valence electrons. The summed E-state index contributed by atoms with van der Waals surface area (Å²) in [7, 11) is 1.51. The maximum absolute atomic E-state index is 11.4. The van der Waals surface area contributed by atoms with Crippen LogP contribution >= 0.6 is 0 Å². The molecule has 0 bridgehead atoms. The molecule has 1 aromatic carbocycles. The third-order valence-electron chi connectivity index (χ3n) is 2.35. The molecule has 20 heavy (non-hydrogen) atoms. The van der Waals surface area contributed by atoms with Gasteiger partial charge in [-0.2, -0.15) is 0 Å². The second-order valence-corrected chi connectivity index (χ2v) is 3.95. The normalized spacial score (nSPS) is 9.70. The van der Waals surface area contributed by atoms with E-state index in [0.717, 1.165) is 6.42 Å². The van der Waals surface area contributed by atoms with Gasteiger partial charge in [-0.05, 0) is 18.6 Å². The zero-order valence-corrected chi connectivity index (χ0v) is 11.7. The average Bonchev–Trinajstić information content (AvgIpc) is 2.48. The first-order chi connectivity index (χ1) is 9.67. The van der Waals surface area contributed by atoms with E-state index in [1.54, 1.807) is 24.3 Å². The lowest BCUT2D eigenvalue weighted by molar-refractivity contribution is -0.150. The summed E-state index contributed by atoms with van der Waals surface area (Å²) in [6.07, 6.45) is 0.830. The molecule has 1 aromatic rings. The highest BCUT2D eigenvalue weighted by Gasteiger charge is 2.09. The number of hydrogen-bond acceptors (Lipinski definition) is 5. The predicted molar refractivity (Wildman–Crippen MR) is 72.7 cm³/mol. The molecule has 0 aliphatic rings. The third kappa shape index (κ3) is 5.60. The van der Waals surface area contributed by atoms with Gasteiger partial charge in [-0.3, -0.25) is 4.79 Å². The Hall–Kier alpha value is -2.24. The fourth-order valence-corrected chi connectivity index (χ4v) is 1.38. The van der Waals surface area contributed by atoms with Crippen LogP contribution in [0.25, 0.3) is 0 Å². The molecule has 0 saturated carbocycles. The first-order valence-corrected chi connectivity index (χ1v) is 6.35. The van der Waals surface area contributed by atoms with E-state index in [0.29, 0.717) is 18.0 Å². The molecule has 0 heterocycles. The van der Waals surface area contributed by atoms with Crippen molar-refractivity contribution in [1.29, 1.82) is 0 Å². The number of ether oxygens (including phenoxy) is 3. The minimum Gasteiger partial charge on any atom is -0.493 e. The molecular weight excluding hydrogens is 262 g/mol. The van der Waals surface area contributed by atoms with E-state index in [1.807, 2.05) is 6.92 Å². The molecule has 1 rings (SSSR count). The number of para-hydroxylation sites is 2. The monoisotopic (exact) mass is 281 g/mol. The fraction of sp³-hybridized carbons (Fsp3) is 0.429. The molecule has 6 heteroatoms. The lowest BCUT2D eigenvalue weighted by atomic mass is 10.3. The van der Waals surface area contributed by atoms with Gasteiger partial charge in [0.25, 0.3) is 5.91 Å². The molecule has 6 nitrogen and oxygen atoms in total. The third-order valence-corrected chi connectivity index (χ3v) is 2.35. The largest absolute Gasteiger partial charge is 0.493 e.